The maximum Gasteiger partial charge on any atom is 0.101 e. The summed E-state index contributed by atoms with van der Waals surface area (Å²) in [6.07, 6.45) is 8.42. The highest BCUT2D eigenvalue weighted by molar-refractivity contribution is 5.16. The van der Waals surface area contributed by atoms with Gasteiger partial charge in [-0.2, -0.15) is 0 Å². The van der Waals surface area contributed by atoms with Crippen LogP contribution in [0.3, 0.4) is 0 Å². The van der Waals surface area contributed by atoms with Gasteiger partial charge in [-0.15, -0.1) is 0 Å². The Morgan fingerprint density at radius 2 is 2.06 bits per heavy atom. The van der Waals surface area contributed by atoms with Gasteiger partial charge in [0.15, 0.2) is 0 Å². The predicted octanol–water partition coefficient (Wildman–Crippen LogP) is 3.80. The molecule has 0 saturated heterocycles. The highest BCUT2D eigenvalue weighted by atomic mass is 16.3. The molecule has 1 aromatic heterocycles. The van der Waals surface area contributed by atoms with E-state index >= 15 is 0 Å². The SMILES string of the molecule is CCC1CCC(C(N)c2coc(C)c2)CC1. The van der Waals surface area contributed by atoms with Gasteiger partial charge in [0.25, 0.3) is 0 Å². The molecule has 16 heavy (non-hydrogen) atoms. The minimum atomic E-state index is 0.176. The van der Waals surface area contributed by atoms with E-state index in [0.29, 0.717) is 5.92 Å². The van der Waals surface area contributed by atoms with Crippen LogP contribution in [0.4, 0.5) is 0 Å². The topological polar surface area (TPSA) is 39.2 Å². The molecule has 2 heteroatoms. The number of aryl methyl sites for hydroxylation is 1. The molecule has 1 unspecified atom stereocenters. The highest BCUT2D eigenvalue weighted by Gasteiger charge is 2.26. The Bertz CT molecular complexity index is 323. The van der Waals surface area contributed by atoms with Crippen molar-refractivity contribution in [2.45, 2.75) is 52.0 Å². The summed E-state index contributed by atoms with van der Waals surface area (Å²) in [4.78, 5) is 0. The Kier molecular flexibility index (Phi) is 3.70. The average Bonchev–Trinajstić information content (AvgIpc) is 2.75. The molecule has 1 heterocycles. The van der Waals surface area contributed by atoms with Gasteiger partial charge in [-0.25, -0.2) is 0 Å². The van der Waals surface area contributed by atoms with Crippen LogP contribution in [-0.4, -0.2) is 0 Å². The van der Waals surface area contributed by atoms with E-state index in [0.717, 1.165) is 11.7 Å². The first-order chi connectivity index (χ1) is 7.70. The zero-order valence-electron chi connectivity index (χ0n) is 10.4. The molecule has 2 N–H and O–H groups in total. The van der Waals surface area contributed by atoms with E-state index < -0.39 is 0 Å². The maximum absolute atomic E-state index is 6.31. The number of furan rings is 1. The molecule has 1 fully saturated rings. The van der Waals surface area contributed by atoms with Crippen LogP contribution in [0, 0.1) is 18.8 Å². The van der Waals surface area contributed by atoms with Crippen molar-refractivity contribution in [1.82, 2.24) is 0 Å². The molecule has 2 nitrogen and oxygen atoms in total. The molecule has 2 rings (SSSR count). The minimum absolute atomic E-state index is 0.176. The monoisotopic (exact) mass is 221 g/mol. The fourth-order valence-corrected chi connectivity index (χ4v) is 2.87. The van der Waals surface area contributed by atoms with E-state index in [2.05, 4.69) is 13.0 Å². The fraction of sp³-hybridized carbons (Fsp3) is 0.714. The molecule has 0 amide bonds. The van der Waals surface area contributed by atoms with E-state index in [1.807, 2.05) is 13.2 Å². The lowest BCUT2D eigenvalue weighted by molar-refractivity contribution is 0.239. The molecule has 0 bridgehead atoms. The van der Waals surface area contributed by atoms with E-state index in [9.17, 15) is 0 Å². The summed E-state index contributed by atoms with van der Waals surface area (Å²) in [5.74, 6) is 2.56. The second-order valence-corrected chi connectivity index (χ2v) is 5.21. The van der Waals surface area contributed by atoms with Crippen molar-refractivity contribution in [3.8, 4) is 0 Å². The van der Waals surface area contributed by atoms with E-state index in [4.69, 9.17) is 10.2 Å². The maximum atomic E-state index is 6.31. The number of hydrogen-bond acceptors (Lipinski definition) is 2. The molecule has 1 aliphatic carbocycles. The Hall–Kier alpha value is -0.760. The van der Waals surface area contributed by atoms with Gasteiger partial charge >= 0.3 is 0 Å². The first kappa shape index (κ1) is 11.7. The van der Waals surface area contributed by atoms with Crippen molar-refractivity contribution in [2.75, 3.05) is 0 Å². The molecule has 0 spiro atoms. The smallest absolute Gasteiger partial charge is 0.101 e. The van der Waals surface area contributed by atoms with Gasteiger partial charge in [-0.3, -0.25) is 0 Å². The third-order valence-corrected chi connectivity index (χ3v) is 4.11. The van der Waals surface area contributed by atoms with Crippen LogP contribution in [0.1, 0.15) is 56.4 Å². The molecular weight excluding hydrogens is 198 g/mol. The molecule has 1 saturated carbocycles. The van der Waals surface area contributed by atoms with Crippen LogP contribution in [0.25, 0.3) is 0 Å². The third-order valence-electron chi connectivity index (χ3n) is 4.11. The van der Waals surface area contributed by atoms with Gasteiger partial charge in [-0.1, -0.05) is 26.2 Å². The molecule has 90 valence electrons. The Morgan fingerprint density at radius 1 is 1.38 bits per heavy atom. The van der Waals surface area contributed by atoms with Gasteiger partial charge in [0.05, 0.1) is 6.26 Å². The number of rotatable bonds is 3. The molecule has 1 aliphatic rings. The number of nitrogens with two attached hydrogens (primary N) is 1. The van der Waals surface area contributed by atoms with Crippen LogP contribution in [0.2, 0.25) is 0 Å². The Balaban J connectivity index is 1.93. The summed E-state index contributed by atoms with van der Waals surface area (Å²) in [6, 6.07) is 2.26. The fourth-order valence-electron chi connectivity index (χ4n) is 2.87. The van der Waals surface area contributed by atoms with Crippen LogP contribution in [0.15, 0.2) is 16.7 Å². The van der Waals surface area contributed by atoms with Gasteiger partial charge in [-0.05, 0) is 37.7 Å². The molecule has 1 aromatic rings. The summed E-state index contributed by atoms with van der Waals surface area (Å²) >= 11 is 0. The predicted molar refractivity (Wildman–Crippen MR) is 66.1 cm³/mol. The lowest BCUT2D eigenvalue weighted by Crippen LogP contribution is -2.25. The standard InChI is InChI=1S/C14H23NO/c1-3-11-4-6-12(7-5-11)14(15)13-8-10(2)16-9-13/h8-9,11-12,14H,3-7,15H2,1-2H3. The Labute approximate surface area is 98.2 Å². The summed E-state index contributed by atoms with van der Waals surface area (Å²) in [7, 11) is 0. The van der Waals surface area contributed by atoms with E-state index in [-0.39, 0.29) is 6.04 Å². The molecule has 0 aliphatic heterocycles. The quantitative estimate of drug-likeness (QED) is 0.843. The van der Waals surface area contributed by atoms with Crippen molar-refractivity contribution in [3.05, 3.63) is 23.7 Å². The van der Waals surface area contributed by atoms with E-state index in [1.165, 1.54) is 37.7 Å². The van der Waals surface area contributed by atoms with Crippen molar-refractivity contribution in [1.29, 1.82) is 0 Å². The van der Waals surface area contributed by atoms with Crippen molar-refractivity contribution in [2.24, 2.45) is 17.6 Å². The third kappa shape index (κ3) is 2.49. The van der Waals surface area contributed by atoms with Crippen molar-refractivity contribution < 1.29 is 4.42 Å². The van der Waals surface area contributed by atoms with Crippen LogP contribution in [-0.2, 0) is 0 Å². The first-order valence-corrected chi connectivity index (χ1v) is 6.51. The van der Waals surface area contributed by atoms with Crippen LogP contribution >= 0.6 is 0 Å². The first-order valence-electron chi connectivity index (χ1n) is 6.51. The average molecular weight is 221 g/mol. The van der Waals surface area contributed by atoms with Gasteiger partial charge in [0.1, 0.15) is 5.76 Å². The number of hydrogen-bond donors (Lipinski definition) is 1. The highest BCUT2D eigenvalue weighted by Crippen LogP contribution is 2.37. The lowest BCUT2D eigenvalue weighted by Gasteiger charge is -2.31. The van der Waals surface area contributed by atoms with Gasteiger partial charge in [0, 0.05) is 11.6 Å². The molecule has 0 radical (unpaired) electrons. The second kappa shape index (κ2) is 5.05. The largest absolute Gasteiger partial charge is 0.469 e. The normalized spacial score (nSPS) is 27.9. The van der Waals surface area contributed by atoms with Crippen molar-refractivity contribution >= 4 is 0 Å². The summed E-state index contributed by atoms with van der Waals surface area (Å²) < 4.78 is 5.34. The van der Waals surface area contributed by atoms with Gasteiger partial charge < -0.3 is 10.2 Å². The zero-order valence-corrected chi connectivity index (χ0v) is 10.4. The molecular formula is C14H23NO. The summed E-state index contributed by atoms with van der Waals surface area (Å²) in [5.41, 5.74) is 7.49. The van der Waals surface area contributed by atoms with Gasteiger partial charge in [0.2, 0.25) is 0 Å². The summed E-state index contributed by atoms with van der Waals surface area (Å²) in [6.45, 7) is 4.27. The van der Waals surface area contributed by atoms with Crippen molar-refractivity contribution in [3.63, 3.8) is 0 Å². The minimum Gasteiger partial charge on any atom is -0.469 e. The van der Waals surface area contributed by atoms with Crippen LogP contribution in [0.5, 0.6) is 0 Å². The van der Waals surface area contributed by atoms with E-state index in [1.54, 1.807) is 0 Å². The van der Waals surface area contributed by atoms with Crippen LogP contribution < -0.4 is 5.73 Å². The molecule has 0 aromatic carbocycles. The molecule has 1 atom stereocenters. The Morgan fingerprint density at radius 3 is 2.56 bits per heavy atom. The zero-order chi connectivity index (χ0) is 11.5. The summed E-state index contributed by atoms with van der Waals surface area (Å²) in [5, 5.41) is 0. The second-order valence-electron chi connectivity index (χ2n) is 5.21. The lowest BCUT2D eigenvalue weighted by atomic mass is 9.76.